The van der Waals surface area contributed by atoms with Gasteiger partial charge in [0.1, 0.15) is 10.8 Å². The Hall–Kier alpha value is -1.89. The Morgan fingerprint density at radius 2 is 2.16 bits per heavy atom. The average Bonchev–Trinajstić information content (AvgIpc) is 2.69. The van der Waals surface area contributed by atoms with Gasteiger partial charge in [0.15, 0.2) is 0 Å². The van der Waals surface area contributed by atoms with Crippen LogP contribution in [0.3, 0.4) is 0 Å². The summed E-state index contributed by atoms with van der Waals surface area (Å²) in [6, 6.07) is 0. The van der Waals surface area contributed by atoms with E-state index in [0.717, 1.165) is 0 Å². The zero-order chi connectivity index (χ0) is 14.2. The summed E-state index contributed by atoms with van der Waals surface area (Å²) in [6.45, 7) is 3.56. The van der Waals surface area contributed by atoms with Gasteiger partial charge in [0.25, 0.3) is 11.8 Å². The lowest BCUT2D eigenvalue weighted by atomic mass is 10.1. The van der Waals surface area contributed by atoms with E-state index in [9.17, 15) is 14.4 Å². The van der Waals surface area contributed by atoms with E-state index in [1.54, 1.807) is 14.0 Å². The highest BCUT2D eigenvalue weighted by Crippen LogP contribution is 2.36. The minimum atomic E-state index is -0.204. The lowest BCUT2D eigenvalue weighted by Crippen LogP contribution is -2.42. The highest BCUT2D eigenvalue weighted by Gasteiger charge is 2.31. The molecule has 0 aliphatic carbocycles. The Morgan fingerprint density at radius 3 is 2.74 bits per heavy atom. The predicted octanol–water partition coefficient (Wildman–Crippen LogP) is 0.830. The van der Waals surface area contributed by atoms with Gasteiger partial charge in [-0.25, -0.2) is 0 Å². The number of thiophene rings is 1. The number of hydrogen-bond donors (Lipinski definition) is 2. The molecule has 0 atom stereocenters. The maximum absolute atomic E-state index is 12.3. The highest BCUT2D eigenvalue weighted by molar-refractivity contribution is 7.18. The number of hydrogen-bond acceptors (Lipinski definition) is 5. The molecule has 6 nitrogen and oxygen atoms in total. The first-order valence-corrected chi connectivity index (χ1v) is 6.65. The standard InChI is InChI=1S/C12H15N3O3S/c1-6(16)4-15-5-14-11-8(12(15)18)7(2)9(19-11)10(17)13-3/h14H,4-5H2,1-3H3,(H,13,17). The summed E-state index contributed by atoms with van der Waals surface area (Å²) in [5.74, 6) is -0.476. The predicted molar refractivity (Wildman–Crippen MR) is 72.7 cm³/mol. The van der Waals surface area contributed by atoms with Crippen LogP contribution in [-0.4, -0.2) is 42.8 Å². The van der Waals surface area contributed by atoms with Crippen LogP contribution in [0.25, 0.3) is 0 Å². The molecule has 0 radical (unpaired) electrons. The quantitative estimate of drug-likeness (QED) is 0.860. The van der Waals surface area contributed by atoms with E-state index < -0.39 is 0 Å². The number of nitrogens with zero attached hydrogens (tertiary/aromatic N) is 1. The average molecular weight is 281 g/mol. The van der Waals surface area contributed by atoms with Gasteiger partial charge < -0.3 is 15.5 Å². The van der Waals surface area contributed by atoms with Gasteiger partial charge in [-0.05, 0) is 19.4 Å². The zero-order valence-electron chi connectivity index (χ0n) is 11.0. The van der Waals surface area contributed by atoms with E-state index >= 15 is 0 Å². The van der Waals surface area contributed by atoms with Crippen molar-refractivity contribution in [3.8, 4) is 0 Å². The number of Topliss-reactive ketones (excluding diaryl/α,β-unsaturated/α-hetero) is 1. The van der Waals surface area contributed by atoms with Crippen LogP contribution in [0.2, 0.25) is 0 Å². The van der Waals surface area contributed by atoms with Gasteiger partial charge in [-0.3, -0.25) is 14.4 Å². The second-order valence-electron chi connectivity index (χ2n) is 4.38. The van der Waals surface area contributed by atoms with Crippen molar-refractivity contribution in [2.45, 2.75) is 13.8 Å². The van der Waals surface area contributed by atoms with Crippen molar-refractivity contribution in [2.75, 3.05) is 25.6 Å². The van der Waals surface area contributed by atoms with Gasteiger partial charge in [-0.2, -0.15) is 0 Å². The zero-order valence-corrected chi connectivity index (χ0v) is 11.8. The van der Waals surface area contributed by atoms with E-state index in [2.05, 4.69) is 10.6 Å². The van der Waals surface area contributed by atoms with Crippen molar-refractivity contribution in [1.82, 2.24) is 10.2 Å². The van der Waals surface area contributed by atoms with Crippen LogP contribution in [0.15, 0.2) is 0 Å². The second-order valence-corrected chi connectivity index (χ2v) is 5.40. The molecule has 2 amide bonds. The molecule has 2 N–H and O–H groups in total. The van der Waals surface area contributed by atoms with E-state index in [1.807, 2.05) is 0 Å². The van der Waals surface area contributed by atoms with Crippen LogP contribution >= 0.6 is 11.3 Å². The summed E-state index contributed by atoms with van der Waals surface area (Å²) in [4.78, 5) is 37.1. The van der Waals surface area contributed by atoms with Crippen molar-refractivity contribution in [2.24, 2.45) is 0 Å². The molecule has 19 heavy (non-hydrogen) atoms. The van der Waals surface area contributed by atoms with Gasteiger partial charge in [-0.15, -0.1) is 11.3 Å². The summed E-state index contributed by atoms with van der Waals surface area (Å²) in [7, 11) is 1.55. The lowest BCUT2D eigenvalue weighted by molar-refractivity contribution is -0.117. The number of fused-ring (bicyclic) bond motifs is 1. The molecule has 1 aromatic heterocycles. The number of ketones is 1. The molecule has 102 valence electrons. The van der Waals surface area contributed by atoms with Crippen molar-refractivity contribution < 1.29 is 14.4 Å². The Morgan fingerprint density at radius 1 is 1.47 bits per heavy atom. The van der Waals surface area contributed by atoms with Crippen molar-refractivity contribution >= 4 is 33.9 Å². The lowest BCUT2D eigenvalue weighted by Gasteiger charge is -2.27. The number of nitrogens with one attached hydrogen (secondary N) is 2. The van der Waals surface area contributed by atoms with Crippen LogP contribution in [-0.2, 0) is 4.79 Å². The molecule has 0 bridgehead atoms. The Kier molecular flexibility index (Phi) is 3.57. The minimum Gasteiger partial charge on any atom is -0.359 e. The maximum Gasteiger partial charge on any atom is 0.261 e. The fraction of sp³-hybridized carbons (Fsp3) is 0.417. The van der Waals surface area contributed by atoms with Crippen LogP contribution in [0.4, 0.5) is 5.00 Å². The molecule has 0 spiro atoms. The Labute approximate surface area is 114 Å². The number of rotatable bonds is 3. The van der Waals surface area contributed by atoms with E-state index in [1.165, 1.54) is 23.2 Å². The molecular formula is C12H15N3O3S. The van der Waals surface area contributed by atoms with Crippen LogP contribution in [0.5, 0.6) is 0 Å². The third kappa shape index (κ3) is 2.33. The summed E-state index contributed by atoms with van der Waals surface area (Å²) < 4.78 is 0. The largest absolute Gasteiger partial charge is 0.359 e. The maximum atomic E-state index is 12.3. The van der Waals surface area contributed by atoms with E-state index in [0.29, 0.717) is 27.7 Å². The monoisotopic (exact) mass is 281 g/mol. The molecule has 0 fully saturated rings. The minimum absolute atomic E-state index is 0.0713. The molecule has 2 heterocycles. The molecule has 2 rings (SSSR count). The third-order valence-corrected chi connectivity index (χ3v) is 4.17. The summed E-state index contributed by atoms with van der Waals surface area (Å²) in [6.07, 6.45) is 0. The first-order chi connectivity index (χ1) is 8.95. The van der Waals surface area contributed by atoms with Gasteiger partial charge in [0.05, 0.1) is 23.7 Å². The van der Waals surface area contributed by atoms with Crippen molar-refractivity contribution in [3.05, 3.63) is 16.0 Å². The second kappa shape index (κ2) is 5.00. The SMILES string of the molecule is CNC(=O)c1sc2c(c1C)C(=O)N(CC(C)=O)CN2. The van der Waals surface area contributed by atoms with Gasteiger partial charge >= 0.3 is 0 Å². The smallest absolute Gasteiger partial charge is 0.261 e. The molecule has 1 aromatic rings. The topological polar surface area (TPSA) is 78.5 Å². The molecule has 1 aliphatic rings. The third-order valence-electron chi connectivity index (χ3n) is 2.93. The molecule has 1 aliphatic heterocycles. The van der Waals surface area contributed by atoms with E-state index in [4.69, 9.17) is 0 Å². The summed E-state index contributed by atoms with van der Waals surface area (Å²) in [5, 5.41) is 6.33. The van der Waals surface area contributed by atoms with Gasteiger partial charge in [0.2, 0.25) is 0 Å². The first-order valence-electron chi connectivity index (χ1n) is 5.83. The highest BCUT2D eigenvalue weighted by atomic mass is 32.1. The van der Waals surface area contributed by atoms with Crippen LogP contribution in [0.1, 0.15) is 32.5 Å². The summed E-state index contributed by atoms with van der Waals surface area (Å²) in [5.41, 5.74) is 1.15. The van der Waals surface area contributed by atoms with E-state index in [-0.39, 0.29) is 24.1 Å². The fourth-order valence-corrected chi connectivity index (χ4v) is 3.15. The fourth-order valence-electron chi connectivity index (χ4n) is 2.02. The van der Waals surface area contributed by atoms with Gasteiger partial charge in [-0.1, -0.05) is 0 Å². The van der Waals surface area contributed by atoms with Crippen molar-refractivity contribution in [3.63, 3.8) is 0 Å². The molecule has 0 aromatic carbocycles. The Bertz CT molecular complexity index is 565. The normalized spacial score (nSPS) is 13.8. The number of amides is 2. The molecular weight excluding hydrogens is 266 g/mol. The van der Waals surface area contributed by atoms with Gasteiger partial charge in [0, 0.05) is 7.05 Å². The van der Waals surface area contributed by atoms with Crippen LogP contribution < -0.4 is 10.6 Å². The number of carbonyl (C=O) groups excluding carboxylic acids is 3. The van der Waals surface area contributed by atoms with Crippen LogP contribution in [0, 0.1) is 6.92 Å². The summed E-state index contributed by atoms with van der Waals surface area (Å²) >= 11 is 1.26. The Balaban J connectivity index is 2.38. The number of anilines is 1. The molecule has 0 saturated heterocycles. The van der Waals surface area contributed by atoms with Crippen molar-refractivity contribution in [1.29, 1.82) is 0 Å². The molecule has 0 unspecified atom stereocenters. The number of carbonyl (C=O) groups is 3. The molecule has 7 heteroatoms. The molecule has 0 saturated carbocycles. The first kappa shape index (κ1) is 13.5.